The van der Waals surface area contributed by atoms with Crippen LogP contribution in [0.25, 0.3) is 72.0 Å². The summed E-state index contributed by atoms with van der Waals surface area (Å²) in [7, 11) is 0. The molecular formula is C42H28OS. The van der Waals surface area contributed by atoms with Gasteiger partial charge in [-0.2, -0.15) is 0 Å². The standard InChI is InChI=1S/C42H28OS/c1-2-12-25(13-3-1)40-28-16-4-6-18-30(28)41(31-19-7-5-17-29(31)40)34-23-35-26-14-8-10-20-37(26)43-42(35)36-24-39-33(22-32(34)36)27-15-9-11-21-38(27)44-39/h1-2,4-12,14-24,32,36H,3,13H2. The summed E-state index contributed by atoms with van der Waals surface area (Å²) in [5.41, 5.74) is 7.73. The maximum Gasteiger partial charge on any atom is 0.134 e. The summed E-state index contributed by atoms with van der Waals surface area (Å²) in [6.07, 6.45) is 16.5. The van der Waals surface area contributed by atoms with E-state index in [1.807, 2.05) is 11.3 Å². The highest BCUT2D eigenvalue weighted by Crippen LogP contribution is 2.52. The summed E-state index contributed by atoms with van der Waals surface area (Å²) < 4.78 is 9.39. The molecule has 0 N–H and O–H groups in total. The molecule has 0 fully saturated rings. The second-order valence-corrected chi connectivity index (χ2v) is 13.3. The van der Waals surface area contributed by atoms with Crippen LogP contribution in [0.5, 0.6) is 0 Å². The van der Waals surface area contributed by atoms with E-state index >= 15 is 0 Å². The van der Waals surface area contributed by atoms with Crippen molar-refractivity contribution >= 4 is 83.3 Å². The van der Waals surface area contributed by atoms with E-state index in [4.69, 9.17) is 4.42 Å². The van der Waals surface area contributed by atoms with Gasteiger partial charge in [0, 0.05) is 32.0 Å². The van der Waals surface area contributed by atoms with E-state index in [1.165, 1.54) is 74.6 Å². The lowest BCUT2D eigenvalue weighted by molar-refractivity contribution is 0.513. The van der Waals surface area contributed by atoms with Crippen LogP contribution >= 0.6 is 11.3 Å². The number of hydrogen-bond acceptors (Lipinski definition) is 2. The average molecular weight is 581 g/mol. The summed E-state index contributed by atoms with van der Waals surface area (Å²) in [6, 6.07) is 35.6. The minimum Gasteiger partial charge on any atom is -0.460 e. The highest BCUT2D eigenvalue weighted by molar-refractivity contribution is 7.17. The predicted molar refractivity (Wildman–Crippen MR) is 188 cm³/mol. The molecular weight excluding hydrogens is 553 g/mol. The van der Waals surface area contributed by atoms with E-state index in [-0.39, 0.29) is 11.8 Å². The lowest BCUT2D eigenvalue weighted by Gasteiger charge is -2.31. The van der Waals surface area contributed by atoms with Crippen molar-refractivity contribution in [2.75, 3.05) is 0 Å². The van der Waals surface area contributed by atoms with E-state index in [1.54, 1.807) is 0 Å². The Balaban J connectivity index is 1.35. The predicted octanol–water partition coefficient (Wildman–Crippen LogP) is 10.2. The number of furan rings is 1. The van der Waals surface area contributed by atoms with Gasteiger partial charge in [0.15, 0.2) is 0 Å². The van der Waals surface area contributed by atoms with Crippen LogP contribution in [0.4, 0.5) is 0 Å². The molecule has 0 radical (unpaired) electrons. The third kappa shape index (κ3) is 3.40. The van der Waals surface area contributed by atoms with Crippen molar-refractivity contribution < 1.29 is 4.42 Å². The fourth-order valence-corrected chi connectivity index (χ4v) is 9.19. The first-order chi connectivity index (χ1) is 21.8. The Bertz CT molecular complexity index is 2510. The van der Waals surface area contributed by atoms with Crippen LogP contribution in [0.2, 0.25) is 0 Å². The van der Waals surface area contributed by atoms with E-state index in [0.717, 1.165) is 24.2 Å². The van der Waals surface area contributed by atoms with Crippen LogP contribution in [0, 0.1) is 5.92 Å². The number of para-hydroxylation sites is 1. The smallest absolute Gasteiger partial charge is 0.134 e. The molecule has 3 aliphatic carbocycles. The zero-order valence-electron chi connectivity index (χ0n) is 24.1. The zero-order chi connectivity index (χ0) is 28.8. The first kappa shape index (κ1) is 24.5. The molecule has 1 nitrogen and oxygen atoms in total. The number of hydrogen-bond donors (Lipinski definition) is 0. The van der Waals surface area contributed by atoms with Gasteiger partial charge >= 0.3 is 0 Å². The van der Waals surface area contributed by atoms with Gasteiger partial charge in [0.2, 0.25) is 0 Å². The molecule has 0 bridgehead atoms. The second kappa shape index (κ2) is 9.29. The molecule has 0 aliphatic heterocycles. The molecule has 10 rings (SSSR count). The van der Waals surface area contributed by atoms with Crippen molar-refractivity contribution in [2.24, 2.45) is 5.92 Å². The molecule has 3 aliphatic rings. The maximum atomic E-state index is 6.70. The number of allylic oxidation sites excluding steroid dienone is 5. The van der Waals surface area contributed by atoms with Gasteiger partial charge in [-0.1, -0.05) is 115 Å². The normalized spacial score (nSPS) is 18.8. The Hall–Kier alpha value is -4.92. The Morgan fingerprint density at radius 3 is 2.02 bits per heavy atom. The largest absolute Gasteiger partial charge is 0.460 e. The van der Waals surface area contributed by atoms with Crippen molar-refractivity contribution in [3.8, 4) is 0 Å². The summed E-state index contributed by atoms with van der Waals surface area (Å²) in [6.45, 7) is 0. The third-order valence-corrected chi connectivity index (χ3v) is 11.1. The Morgan fingerprint density at radius 1 is 0.636 bits per heavy atom. The molecule has 0 spiro atoms. The molecule has 208 valence electrons. The van der Waals surface area contributed by atoms with Gasteiger partial charge in [-0.3, -0.25) is 0 Å². The van der Waals surface area contributed by atoms with Crippen molar-refractivity contribution in [1.29, 1.82) is 0 Å². The fraction of sp³-hybridized carbons (Fsp3) is 0.0952. The number of rotatable bonds is 2. The van der Waals surface area contributed by atoms with Gasteiger partial charge in [0.1, 0.15) is 11.3 Å². The van der Waals surface area contributed by atoms with Crippen molar-refractivity contribution in [3.05, 3.63) is 147 Å². The molecule has 0 saturated heterocycles. The Kier molecular flexibility index (Phi) is 5.17. The third-order valence-electron chi connectivity index (χ3n) is 9.91. The minimum atomic E-state index is 0.126. The first-order valence-electron chi connectivity index (χ1n) is 15.6. The van der Waals surface area contributed by atoms with Crippen LogP contribution in [0.3, 0.4) is 0 Å². The molecule has 0 saturated carbocycles. The van der Waals surface area contributed by atoms with Crippen molar-refractivity contribution in [2.45, 2.75) is 18.8 Å². The van der Waals surface area contributed by atoms with Crippen LogP contribution in [-0.4, -0.2) is 0 Å². The zero-order valence-corrected chi connectivity index (χ0v) is 24.9. The van der Waals surface area contributed by atoms with Crippen LogP contribution in [0.1, 0.15) is 41.2 Å². The van der Waals surface area contributed by atoms with Gasteiger partial charge in [0.05, 0.1) is 0 Å². The molecule has 2 heterocycles. The van der Waals surface area contributed by atoms with Gasteiger partial charge in [-0.25, -0.2) is 0 Å². The second-order valence-electron chi connectivity index (χ2n) is 12.2. The number of benzene rings is 5. The minimum absolute atomic E-state index is 0.126. The lowest BCUT2D eigenvalue weighted by atomic mass is 9.71. The van der Waals surface area contributed by atoms with Gasteiger partial charge in [-0.05, 0) is 85.5 Å². The molecule has 2 heteroatoms. The molecule has 0 amide bonds. The summed E-state index contributed by atoms with van der Waals surface area (Å²) in [4.78, 5) is 0. The maximum absolute atomic E-state index is 6.70. The highest BCUT2D eigenvalue weighted by atomic mass is 32.1. The quantitative estimate of drug-likeness (QED) is 0.185. The van der Waals surface area contributed by atoms with Crippen LogP contribution in [0.15, 0.2) is 120 Å². The molecule has 2 aromatic heterocycles. The van der Waals surface area contributed by atoms with Crippen LogP contribution < -0.4 is 9.75 Å². The highest BCUT2D eigenvalue weighted by Gasteiger charge is 2.37. The molecule has 5 aromatic carbocycles. The number of thiophene rings is 1. The van der Waals surface area contributed by atoms with E-state index in [9.17, 15) is 0 Å². The topological polar surface area (TPSA) is 13.1 Å². The average Bonchev–Trinajstić information content (AvgIpc) is 3.64. The Morgan fingerprint density at radius 2 is 1.30 bits per heavy atom. The molecule has 2 atom stereocenters. The summed E-state index contributed by atoms with van der Waals surface area (Å²) >= 11 is 1.90. The van der Waals surface area contributed by atoms with Crippen molar-refractivity contribution in [1.82, 2.24) is 0 Å². The summed E-state index contributed by atoms with van der Waals surface area (Å²) in [5.74, 6) is 1.37. The first-order valence-corrected chi connectivity index (χ1v) is 16.4. The van der Waals surface area contributed by atoms with Crippen molar-refractivity contribution in [3.63, 3.8) is 0 Å². The van der Waals surface area contributed by atoms with Gasteiger partial charge in [0.25, 0.3) is 0 Å². The summed E-state index contributed by atoms with van der Waals surface area (Å²) in [5, 5.41) is 9.23. The van der Waals surface area contributed by atoms with Gasteiger partial charge in [-0.15, -0.1) is 11.3 Å². The van der Waals surface area contributed by atoms with E-state index in [2.05, 4.69) is 134 Å². The molecule has 44 heavy (non-hydrogen) atoms. The fourth-order valence-electron chi connectivity index (χ4n) is 8.02. The van der Waals surface area contributed by atoms with E-state index in [0.29, 0.717) is 0 Å². The Labute approximate surface area is 259 Å². The monoisotopic (exact) mass is 580 g/mol. The van der Waals surface area contributed by atoms with E-state index < -0.39 is 0 Å². The molecule has 2 unspecified atom stereocenters. The van der Waals surface area contributed by atoms with Crippen LogP contribution in [-0.2, 0) is 0 Å². The lowest BCUT2D eigenvalue weighted by Crippen LogP contribution is -2.30. The SMILES string of the molecule is C1=CCCC(c2c3ccccc3c(C3=Cc4c(oc5ccccc45)C4C=c5sc6ccccc6c5=CC34)c3ccccc23)=C1. The number of fused-ring (bicyclic) bond motifs is 10. The van der Waals surface area contributed by atoms with Gasteiger partial charge < -0.3 is 4.42 Å². The molecule has 7 aromatic rings.